The zero-order valence-corrected chi connectivity index (χ0v) is 43.8. The first-order chi connectivity index (χ1) is 27.3. The molecule has 0 aromatic carbocycles. The first kappa shape index (κ1) is 52.0. The van der Waals surface area contributed by atoms with Crippen LogP contribution in [0, 0.1) is 23.2 Å². The van der Waals surface area contributed by atoms with E-state index in [1.807, 2.05) is 0 Å². The number of fused-ring (bicyclic) bond motifs is 1. The van der Waals surface area contributed by atoms with Crippen LogP contribution in [0.4, 0.5) is 0 Å². The Morgan fingerprint density at radius 1 is 0.759 bits per heavy atom. The third kappa shape index (κ3) is 12.7. The summed E-state index contributed by atoms with van der Waals surface area (Å²) < 4.78 is 22.3. The van der Waals surface area contributed by atoms with Gasteiger partial charge in [-0.15, -0.1) is 0 Å². The molecule has 0 saturated heterocycles. The molecule has 8 heteroatoms. The predicted molar refractivity (Wildman–Crippen MR) is 258 cm³/mol. The van der Waals surface area contributed by atoms with Gasteiger partial charge < -0.3 is 23.5 Å². The van der Waals surface area contributed by atoms with E-state index in [1.165, 1.54) is 81.2 Å². The summed E-state index contributed by atoms with van der Waals surface area (Å²) in [4.78, 5) is 0. The van der Waals surface area contributed by atoms with Crippen molar-refractivity contribution < 1.29 is 23.5 Å². The lowest BCUT2D eigenvalue weighted by molar-refractivity contribution is -0.0376. The second-order valence-electron chi connectivity index (χ2n) is 20.8. The van der Waals surface area contributed by atoms with E-state index in [2.05, 4.69) is 116 Å². The Balaban J connectivity index is 2.01. The van der Waals surface area contributed by atoms with E-state index in [0.717, 1.165) is 48.5 Å². The predicted octanol–water partition coefficient (Wildman–Crippen LogP) is 14.7. The van der Waals surface area contributed by atoms with Crippen LogP contribution >= 0.6 is 0 Å². The Morgan fingerprint density at radius 3 is 1.86 bits per heavy atom. The van der Waals surface area contributed by atoms with Crippen molar-refractivity contribution in [3.8, 4) is 0 Å². The third-order valence-corrected chi connectivity index (χ3v) is 31.3. The molecule has 0 aromatic heterocycles. The fourth-order valence-electron chi connectivity index (χ4n) is 12.3. The number of rotatable bonds is 25. The summed E-state index contributed by atoms with van der Waals surface area (Å²) in [5.41, 5.74) is 3.25. The molecule has 0 unspecified atom stereocenters. The van der Waals surface area contributed by atoms with Gasteiger partial charge >= 0.3 is 0 Å². The highest BCUT2D eigenvalue weighted by atomic mass is 28.4. The SMILES string of the molecule is C=C1/C(=C\C=C2/CCC[C@]3(C)[C@@H]([C@H](CCCC(C)(C)O[Si](CC)(CC)CC)CC[C@@H](O[Si](CC)(CC)CC)C(C)(C)O[Si](CC)(CC)CC)CC[C@@H]23)C[C@@H](O)C[C@@H]1O. The molecule has 0 spiro atoms. The minimum atomic E-state index is -1.90. The Bertz CT molecular complexity index is 1300. The minimum absolute atomic E-state index is 0.0933. The van der Waals surface area contributed by atoms with Crippen LogP contribution in [0.3, 0.4) is 0 Å². The Hall–Kier alpha value is -0.329. The van der Waals surface area contributed by atoms with Gasteiger partial charge in [0.2, 0.25) is 0 Å². The molecule has 3 saturated carbocycles. The topological polar surface area (TPSA) is 68.2 Å². The molecule has 0 amide bonds. The zero-order valence-electron chi connectivity index (χ0n) is 40.8. The quantitative estimate of drug-likeness (QED) is 0.0895. The smallest absolute Gasteiger partial charge is 0.192 e. The molecule has 58 heavy (non-hydrogen) atoms. The molecule has 0 radical (unpaired) electrons. The molecule has 5 nitrogen and oxygen atoms in total. The number of allylic oxidation sites excluding steroid dienone is 3. The van der Waals surface area contributed by atoms with Crippen LogP contribution in [0.25, 0.3) is 0 Å². The first-order valence-corrected chi connectivity index (χ1v) is 32.4. The highest BCUT2D eigenvalue weighted by molar-refractivity contribution is 6.74. The van der Waals surface area contributed by atoms with Crippen LogP contribution in [0.2, 0.25) is 54.4 Å². The fraction of sp³-hybridized carbons (Fsp3) is 0.880. The summed E-state index contributed by atoms with van der Waals surface area (Å²) in [7, 11) is -5.48. The van der Waals surface area contributed by atoms with Crippen molar-refractivity contribution >= 4 is 25.0 Å². The standard InChI is InChI=1S/C50H96O5Si3/c1-16-56(17-2,18-3)53-47(49(13,14)55-58(22-7,23-8)24-9)34-31-41(27-25-35-48(11,12)54-57(19-4,20-5)21-6)45-33-32-44-40(28-26-36-50(44,45)15)29-30-42-37-43(51)38-46(52)39(42)10/h29-30,41,43-47,51-52H,10,16-28,31-38H2,1-9,11-15H3/b40-29+,42-30-/t41-,43-,44+,45-,46+,47-,50+/m1/s1. The number of hydrogen-bond donors (Lipinski definition) is 2. The van der Waals surface area contributed by atoms with Crippen molar-refractivity contribution in [2.45, 2.75) is 258 Å². The van der Waals surface area contributed by atoms with Gasteiger partial charge in [-0.05, 0) is 174 Å². The average molecular weight is 862 g/mol. The lowest BCUT2D eigenvalue weighted by atomic mass is 9.60. The van der Waals surface area contributed by atoms with Crippen molar-refractivity contribution in [3.63, 3.8) is 0 Å². The van der Waals surface area contributed by atoms with Crippen molar-refractivity contribution in [2.24, 2.45) is 23.2 Å². The molecule has 3 fully saturated rings. The van der Waals surface area contributed by atoms with Gasteiger partial charge in [-0.25, -0.2) is 0 Å². The molecular formula is C50H96O5Si3. The van der Waals surface area contributed by atoms with Crippen LogP contribution in [-0.2, 0) is 13.3 Å². The van der Waals surface area contributed by atoms with Gasteiger partial charge in [0.25, 0.3) is 0 Å². The molecule has 0 aromatic rings. The minimum Gasteiger partial charge on any atom is -0.412 e. The van der Waals surface area contributed by atoms with E-state index < -0.39 is 37.2 Å². The van der Waals surface area contributed by atoms with Crippen molar-refractivity contribution in [1.82, 2.24) is 0 Å². The zero-order chi connectivity index (χ0) is 43.6. The molecule has 338 valence electrons. The van der Waals surface area contributed by atoms with Gasteiger partial charge in [-0.2, -0.15) is 0 Å². The van der Waals surface area contributed by atoms with Gasteiger partial charge in [-0.1, -0.05) is 106 Å². The van der Waals surface area contributed by atoms with E-state index in [0.29, 0.717) is 30.6 Å². The molecule has 0 heterocycles. The van der Waals surface area contributed by atoms with Gasteiger partial charge in [0.05, 0.1) is 29.5 Å². The van der Waals surface area contributed by atoms with Gasteiger partial charge in [0, 0.05) is 6.42 Å². The maximum atomic E-state index is 10.6. The maximum absolute atomic E-state index is 10.6. The molecule has 0 aliphatic heterocycles. The lowest BCUT2D eigenvalue weighted by Crippen LogP contribution is -2.54. The molecule has 3 aliphatic carbocycles. The van der Waals surface area contributed by atoms with E-state index in [-0.39, 0.29) is 22.7 Å². The summed E-state index contributed by atoms with van der Waals surface area (Å²) in [6.07, 6.45) is 16.6. The fourth-order valence-corrected chi connectivity index (χ4v) is 21.7. The normalized spacial score (nSPS) is 27.7. The monoisotopic (exact) mass is 861 g/mol. The van der Waals surface area contributed by atoms with Crippen molar-refractivity contribution in [2.75, 3.05) is 0 Å². The molecule has 3 aliphatic rings. The second kappa shape index (κ2) is 22.3. The summed E-state index contributed by atoms with van der Waals surface area (Å²) in [5, 5.41) is 21.0. The molecule has 2 N–H and O–H groups in total. The van der Waals surface area contributed by atoms with E-state index in [4.69, 9.17) is 13.3 Å². The van der Waals surface area contributed by atoms with Crippen LogP contribution < -0.4 is 0 Å². The van der Waals surface area contributed by atoms with E-state index in [1.54, 1.807) is 5.57 Å². The van der Waals surface area contributed by atoms with Crippen LogP contribution in [0.1, 0.15) is 174 Å². The Morgan fingerprint density at radius 2 is 1.31 bits per heavy atom. The Kier molecular flexibility index (Phi) is 20.0. The van der Waals surface area contributed by atoms with E-state index >= 15 is 0 Å². The average Bonchev–Trinajstić information content (AvgIpc) is 3.56. The number of aliphatic hydroxyl groups excluding tert-OH is 2. The summed E-state index contributed by atoms with van der Waals surface area (Å²) in [6.45, 7) is 37.7. The van der Waals surface area contributed by atoms with Crippen molar-refractivity contribution in [1.29, 1.82) is 0 Å². The second-order valence-corrected chi connectivity index (χ2v) is 34.9. The van der Waals surface area contributed by atoms with E-state index in [9.17, 15) is 10.2 Å². The number of aliphatic hydroxyl groups is 2. The van der Waals surface area contributed by atoms with Crippen LogP contribution in [0.5, 0.6) is 0 Å². The van der Waals surface area contributed by atoms with Crippen LogP contribution in [-0.4, -0.2) is 64.7 Å². The van der Waals surface area contributed by atoms with Gasteiger partial charge in [-0.3, -0.25) is 0 Å². The lowest BCUT2D eigenvalue weighted by Gasteiger charge is -2.48. The summed E-state index contributed by atoms with van der Waals surface area (Å²) >= 11 is 0. The Labute approximate surface area is 363 Å². The molecule has 0 bridgehead atoms. The van der Waals surface area contributed by atoms with Gasteiger partial charge in [0.15, 0.2) is 25.0 Å². The molecule has 7 atom stereocenters. The third-order valence-electron chi connectivity index (χ3n) is 17.0. The first-order valence-electron chi connectivity index (χ1n) is 24.8. The van der Waals surface area contributed by atoms with Gasteiger partial charge in [0.1, 0.15) is 0 Å². The molecule has 3 rings (SSSR count). The summed E-state index contributed by atoms with van der Waals surface area (Å²) in [6, 6.07) is 10.6. The highest BCUT2D eigenvalue weighted by Crippen LogP contribution is 2.61. The highest BCUT2D eigenvalue weighted by Gasteiger charge is 2.52. The molecular weight excluding hydrogens is 765 g/mol. The maximum Gasteiger partial charge on any atom is 0.192 e. The summed E-state index contributed by atoms with van der Waals surface area (Å²) in [5.74, 6) is 1.89. The van der Waals surface area contributed by atoms with Crippen molar-refractivity contribution in [3.05, 3.63) is 35.5 Å². The number of hydrogen-bond acceptors (Lipinski definition) is 5. The van der Waals surface area contributed by atoms with Crippen LogP contribution in [0.15, 0.2) is 35.5 Å². The largest absolute Gasteiger partial charge is 0.412 e.